The van der Waals surface area contributed by atoms with Gasteiger partial charge in [0.05, 0.1) is 7.11 Å². The molecule has 2 aromatic carbocycles. The number of fused-ring (bicyclic) bond motifs is 1. The van der Waals surface area contributed by atoms with Gasteiger partial charge >= 0.3 is 0 Å². The highest BCUT2D eigenvalue weighted by atomic mass is 19.1. The molecule has 2 rings (SSSR count). The second-order valence-corrected chi connectivity index (χ2v) is 3.35. The maximum Gasteiger partial charge on any atom is 0.127 e. The molecule has 0 aromatic heterocycles. The molecule has 0 radical (unpaired) electrons. The fourth-order valence-corrected chi connectivity index (χ4v) is 1.70. The lowest BCUT2D eigenvalue weighted by Gasteiger charge is -2.10. The Labute approximate surface area is 93.6 Å². The molecular weight excluding hydrogens is 207 g/mol. The highest BCUT2D eigenvalue weighted by Crippen LogP contribution is 2.32. The normalized spacial score (nSPS) is 10.4. The lowest BCUT2D eigenvalue weighted by atomic mass is 10.1. The van der Waals surface area contributed by atoms with Crippen molar-refractivity contribution in [3.05, 3.63) is 36.4 Å². The van der Waals surface area contributed by atoms with E-state index < -0.39 is 6.67 Å². The molecule has 2 nitrogen and oxygen atoms in total. The van der Waals surface area contributed by atoms with Gasteiger partial charge in [-0.25, -0.2) is 4.39 Å². The van der Waals surface area contributed by atoms with Crippen LogP contribution in [0.1, 0.15) is 0 Å². The molecule has 0 aliphatic rings. The van der Waals surface area contributed by atoms with Gasteiger partial charge in [-0.05, 0) is 12.1 Å². The number of halogens is 1. The van der Waals surface area contributed by atoms with Gasteiger partial charge in [0.25, 0.3) is 0 Å². The van der Waals surface area contributed by atoms with Gasteiger partial charge in [0, 0.05) is 10.8 Å². The fraction of sp³-hybridized carbons (Fsp3) is 0.231. The molecule has 0 N–H and O–H groups in total. The van der Waals surface area contributed by atoms with Gasteiger partial charge in [-0.3, -0.25) is 0 Å². The van der Waals surface area contributed by atoms with E-state index in [-0.39, 0.29) is 6.61 Å². The minimum absolute atomic E-state index is 0.0797. The van der Waals surface area contributed by atoms with Crippen LogP contribution in [-0.4, -0.2) is 20.4 Å². The van der Waals surface area contributed by atoms with Crippen LogP contribution in [0.15, 0.2) is 36.4 Å². The topological polar surface area (TPSA) is 18.5 Å². The second-order valence-electron chi connectivity index (χ2n) is 3.35. The summed E-state index contributed by atoms with van der Waals surface area (Å²) in [5.41, 5.74) is 0. The van der Waals surface area contributed by atoms with Crippen molar-refractivity contribution in [3.8, 4) is 11.5 Å². The van der Waals surface area contributed by atoms with Gasteiger partial charge in [-0.15, -0.1) is 0 Å². The summed E-state index contributed by atoms with van der Waals surface area (Å²) in [4.78, 5) is 0. The van der Waals surface area contributed by atoms with Crippen molar-refractivity contribution in [2.24, 2.45) is 0 Å². The predicted molar refractivity (Wildman–Crippen MR) is 62.0 cm³/mol. The molecule has 0 unspecified atom stereocenters. The van der Waals surface area contributed by atoms with E-state index in [9.17, 15) is 4.39 Å². The lowest BCUT2D eigenvalue weighted by Crippen LogP contribution is -1.99. The molecule has 0 heterocycles. The first-order valence-electron chi connectivity index (χ1n) is 5.11. The molecule has 84 valence electrons. The number of rotatable bonds is 4. The molecule has 0 aliphatic heterocycles. The molecule has 0 fully saturated rings. The van der Waals surface area contributed by atoms with Crippen LogP contribution in [0.2, 0.25) is 0 Å². The van der Waals surface area contributed by atoms with Crippen LogP contribution in [0.3, 0.4) is 0 Å². The van der Waals surface area contributed by atoms with Crippen molar-refractivity contribution in [3.63, 3.8) is 0 Å². The molecule has 16 heavy (non-hydrogen) atoms. The van der Waals surface area contributed by atoms with E-state index in [0.29, 0.717) is 5.75 Å². The Kier molecular flexibility index (Phi) is 3.25. The van der Waals surface area contributed by atoms with Crippen LogP contribution in [-0.2, 0) is 0 Å². The number of hydrogen-bond donors (Lipinski definition) is 0. The summed E-state index contributed by atoms with van der Waals surface area (Å²) in [7, 11) is 1.63. The van der Waals surface area contributed by atoms with Gasteiger partial charge in [0.1, 0.15) is 24.8 Å². The van der Waals surface area contributed by atoms with Crippen molar-refractivity contribution in [1.82, 2.24) is 0 Å². The van der Waals surface area contributed by atoms with Crippen LogP contribution >= 0.6 is 0 Å². The largest absolute Gasteiger partial charge is 0.496 e. The molecular formula is C13H13FO2. The zero-order chi connectivity index (χ0) is 11.4. The molecule has 3 heteroatoms. The molecule has 0 saturated carbocycles. The third-order valence-electron chi connectivity index (χ3n) is 2.40. The van der Waals surface area contributed by atoms with Gasteiger partial charge in [0.2, 0.25) is 0 Å². The van der Waals surface area contributed by atoms with E-state index in [1.165, 1.54) is 0 Å². The Balaban J connectivity index is 2.51. The average molecular weight is 220 g/mol. The summed E-state index contributed by atoms with van der Waals surface area (Å²) in [6.45, 7) is -0.406. The molecule has 0 saturated heterocycles. The first-order chi connectivity index (χ1) is 7.86. The van der Waals surface area contributed by atoms with E-state index in [0.717, 1.165) is 16.5 Å². The highest BCUT2D eigenvalue weighted by molar-refractivity contribution is 5.93. The smallest absolute Gasteiger partial charge is 0.127 e. The Morgan fingerprint density at radius 1 is 1.00 bits per heavy atom. The Morgan fingerprint density at radius 2 is 1.62 bits per heavy atom. The first-order valence-corrected chi connectivity index (χ1v) is 5.11. The Hall–Kier alpha value is -1.77. The van der Waals surface area contributed by atoms with E-state index in [2.05, 4.69) is 0 Å². The van der Waals surface area contributed by atoms with E-state index >= 15 is 0 Å². The molecule has 2 aromatic rings. The van der Waals surface area contributed by atoms with Gasteiger partial charge in [-0.1, -0.05) is 24.3 Å². The summed E-state index contributed by atoms with van der Waals surface area (Å²) < 4.78 is 22.7. The third-order valence-corrected chi connectivity index (χ3v) is 2.40. The first kappa shape index (κ1) is 10.7. The molecule has 0 bridgehead atoms. The van der Waals surface area contributed by atoms with Crippen LogP contribution in [0.4, 0.5) is 4.39 Å². The Bertz CT molecular complexity index is 482. The maximum absolute atomic E-state index is 12.1. The number of benzene rings is 2. The van der Waals surface area contributed by atoms with Crippen LogP contribution in [0.25, 0.3) is 10.8 Å². The van der Waals surface area contributed by atoms with Crippen molar-refractivity contribution < 1.29 is 13.9 Å². The molecule has 0 aliphatic carbocycles. The minimum Gasteiger partial charge on any atom is -0.496 e. The Morgan fingerprint density at radius 3 is 2.25 bits per heavy atom. The number of alkyl halides is 1. The third kappa shape index (κ3) is 1.94. The van der Waals surface area contributed by atoms with Gasteiger partial charge in [0.15, 0.2) is 0 Å². The fourth-order valence-electron chi connectivity index (χ4n) is 1.70. The number of hydrogen-bond acceptors (Lipinski definition) is 2. The SMILES string of the molecule is COc1ccc(OCCF)c2ccccc12. The van der Waals surface area contributed by atoms with Crippen LogP contribution in [0.5, 0.6) is 11.5 Å². The minimum atomic E-state index is -0.486. The summed E-state index contributed by atoms with van der Waals surface area (Å²) in [5, 5.41) is 1.91. The summed E-state index contributed by atoms with van der Waals surface area (Å²) in [6.07, 6.45) is 0. The lowest BCUT2D eigenvalue weighted by molar-refractivity contribution is 0.276. The van der Waals surface area contributed by atoms with Gasteiger partial charge in [-0.2, -0.15) is 0 Å². The zero-order valence-electron chi connectivity index (χ0n) is 9.07. The zero-order valence-corrected chi connectivity index (χ0v) is 9.07. The maximum atomic E-state index is 12.1. The van der Waals surface area contributed by atoms with Crippen LogP contribution < -0.4 is 9.47 Å². The van der Waals surface area contributed by atoms with E-state index in [1.54, 1.807) is 13.2 Å². The van der Waals surface area contributed by atoms with E-state index in [4.69, 9.17) is 9.47 Å². The molecule has 0 spiro atoms. The number of ether oxygens (including phenoxy) is 2. The summed E-state index contributed by atoms with van der Waals surface area (Å²) in [6, 6.07) is 11.4. The second kappa shape index (κ2) is 4.84. The number of methoxy groups -OCH3 is 1. The predicted octanol–water partition coefficient (Wildman–Crippen LogP) is 3.20. The van der Waals surface area contributed by atoms with Crippen molar-refractivity contribution in [1.29, 1.82) is 0 Å². The quantitative estimate of drug-likeness (QED) is 0.787. The van der Waals surface area contributed by atoms with Crippen LogP contribution in [0, 0.1) is 0 Å². The molecule has 0 atom stereocenters. The average Bonchev–Trinajstić information content (AvgIpc) is 2.36. The highest BCUT2D eigenvalue weighted by Gasteiger charge is 2.06. The van der Waals surface area contributed by atoms with Crippen molar-refractivity contribution in [2.75, 3.05) is 20.4 Å². The summed E-state index contributed by atoms with van der Waals surface area (Å²) in [5.74, 6) is 1.48. The van der Waals surface area contributed by atoms with Crippen molar-refractivity contribution in [2.45, 2.75) is 0 Å². The standard InChI is InChI=1S/C13H13FO2/c1-15-12-6-7-13(16-9-8-14)11-5-3-2-4-10(11)12/h2-7H,8-9H2,1H3. The van der Waals surface area contributed by atoms with E-state index in [1.807, 2.05) is 30.3 Å². The summed E-state index contributed by atoms with van der Waals surface area (Å²) >= 11 is 0. The van der Waals surface area contributed by atoms with Crippen molar-refractivity contribution >= 4 is 10.8 Å². The van der Waals surface area contributed by atoms with Gasteiger partial charge < -0.3 is 9.47 Å². The molecule has 0 amide bonds. The monoisotopic (exact) mass is 220 g/mol.